The second-order valence-electron chi connectivity index (χ2n) is 10.2. The molecule has 1 aromatic rings. The Hall–Kier alpha value is -2.66. The molecule has 10 nitrogen and oxygen atoms in total. The van der Waals surface area contributed by atoms with Gasteiger partial charge in [-0.1, -0.05) is 13.0 Å². The largest absolute Gasteiger partial charge is 0.504 e. The van der Waals surface area contributed by atoms with Crippen molar-refractivity contribution in [3.63, 3.8) is 0 Å². The van der Waals surface area contributed by atoms with Crippen LogP contribution in [-0.2, 0) is 30.9 Å². The SMILES string of the molecule is CC1CC[C@]23c4c5ccc(O)c4O[C@H]2C(OC(=O)[C@H](C)OC(O)[C@@H](O)CC(=O)O)=CC[C@@]3(O)[C@H]1C5. The Balaban J connectivity index is 1.43. The number of phenols is 1. The van der Waals surface area contributed by atoms with Gasteiger partial charge < -0.3 is 39.7 Å². The molecular formula is C25H30O10. The number of hydrogen-bond donors (Lipinski definition) is 5. The van der Waals surface area contributed by atoms with Crippen molar-refractivity contribution < 1.29 is 49.3 Å². The van der Waals surface area contributed by atoms with Gasteiger partial charge in [-0.25, -0.2) is 4.79 Å². The average molecular weight is 491 g/mol. The quantitative estimate of drug-likeness (QED) is 0.276. The number of benzene rings is 1. The summed E-state index contributed by atoms with van der Waals surface area (Å²) in [6, 6.07) is 3.46. The van der Waals surface area contributed by atoms with Gasteiger partial charge in [0.2, 0.25) is 0 Å². The maximum atomic E-state index is 12.8. The summed E-state index contributed by atoms with van der Waals surface area (Å²) in [7, 11) is 0. The number of ether oxygens (including phenoxy) is 3. The number of carboxylic acids is 1. The second kappa shape index (κ2) is 8.19. The Labute approximate surface area is 201 Å². The molecule has 0 aromatic heterocycles. The molecule has 1 aliphatic heterocycles. The van der Waals surface area contributed by atoms with Gasteiger partial charge in [0.05, 0.1) is 17.4 Å². The molecule has 3 aliphatic carbocycles. The molecule has 5 N–H and O–H groups in total. The van der Waals surface area contributed by atoms with E-state index >= 15 is 0 Å². The van der Waals surface area contributed by atoms with Crippen LogP contribution >= 0.6 is 0 Å². The van der Waals surface area contributed by atoms with Crippen LogP contribution in [0.3, 0.4) is 0 Å². The summed E-state index contributed by atoms with van der Waals surface area (Å²) in [5.74, 6) is -1.49. The average Bonchev–Trinajstić information content (AvgIpc) is 3.15. The van der Waals surface area contributed by atoms with Crippen LogP contribution in [0.1, 0.15) is 50.7 Å². The minimum Gasteiger partial charge on any atom is -0.504 e. The zero-order chi connectivity index (χ0) is 25.3. The standard InChI is InChI=1S/C25H30O10/c1-11-5-7-24-19-13-3-4-15(26)20(19)35-21(24)17(6-8-25(24,32)14(11)9-13)34-22(30)12(2)33-23(31)16(27)10-18(28)29/h3-4,6,11-12,14,16,21,23,26-27,31-32H,5,7-10H2,1-2H3,(H,28,29)/t11?,12-,14-,16-,21-,23?,24-,25+/m0/s1. The molecule has 1 fully saturated rings. The van der Waals surface area contributed by atoms with Crippen LogP contribution in [0.5, 0.6) is 11.5 Å². The second-order valence-corrected chi connectivity index (χ2v) is 10.2. The maximum absolute atomic E-state index is 12.8. The van der Waals surface area contributed by atoms with E-state index in [1.165, 1.54) is 6.92 Å². The van der Waals surface area contributed by atoms with Crippen molar-refractivity contribution in [1.82, 2.24) is 0 Å². The molecule has 0 saturated heterocycles. The van der Waals surface area contributed by atoms with Crippen LogP contribution in [0, 0.1) is 11.8 Å². The Morgan fingerprint density at radius 1 is 1.29 bits per heavy atom. The number of carbonyl (C=O) groups is 2. The minimum atomic E-state index is -1.90. The van der Waals surface area contributed by atoms with Crippen molar-refractivity contribution in [2.24, 2.45) is 11.8 Å². The van der Waals surface area contributed by atoms with Gasteiger partial charge in [-0.2, -0.15) is 0 Å². The van der Waals surface area contributed by atoms with Crippen LogP contribution in [-0.4, -0.2) is 67.7 Å². The van der Waals surface area contributed by atoms with E-state index in [2.05, 4.69) is 6.92 Å². The minimum absolute atomic E-state index is 0.0213. The smallest absolute Gasteiger partial charge is 0.340 e. The maximum Gasteiger partial charge on any atom is 0.340 e. The molecule has 35 heavy (non-hydrogen) atoms. The van der Waals surface area contributed by atoms with E-state index in [4.69, 9.17) is 19.3 Å². The predicted octanol–water partition coefficient (Wildman–Crippen LogP) is 1.11. The summed E-state index contributed by atoms with van der Waals surface area (Å²) in [6.45, 7) is 3.44. The van der Waals surface area contributed by atoms with Crippen molar-refractivity contribution in [3.8, 4) is 11.5 Å². The molecule has 1 spiro atoms. The van der Waals surface area contributed by atoms with Gasteiger partial charge >= 0.3 is 11.9 Å². The first-order chi connectivity index (χ1) is 16.5. The number of carbonyl (C=O) groups excluding carboxylic acids is 1. The predicted molar refractivity (Wildman–Crippen MR) is 118 cm³/mol. The number of carboxylic acid groups (broad SMARTS) is 1. The number of aliphatic hydroxyl groups excluding tert-OH is 2. The highest BCUT2D eigenvalue weighted by Crippen LogP contribution is 2.68. The molecule has 0 amide bonds. The van der Waals surface area contributed by atoms with Crippen LogP contribution in [0.4, 0.5) is 0 Å². The molecular weight excluding hydrogens is 460 g/mol. The molecule has 2 unspecified atom stereocenters. The molecule has 0 radical (unpaired) electrons. The fourth-order valence-electron chi connectivity index (χ4n) is 6.65. The molecule has 4 aliphatic rings. The summed E-state index contributed by atoms with van der Waals surface area (Å²) >= 11 is 0. The van der Waals surface area contributed by atoms with Gasteiger partial charge in [-0.05, 0) is 62.1 Å². The van der Waals surface area contributed by atoms with E-state index in [0.29, 0.717) is 18.6 Å². The van der Waals surface area contributed by atoms with Crippen LogP contribution < -0.4 is 4.74 Å². The molecule has 190 valence electrons. The lowest BCUT2D eigenvalue weighted by atomic mass is 9.45. The number of aromatic hydroxyl groups is 1. The van der Waals surface area contributed by atoms with Gasteiger partial charge in [-0.15, -0.1) is 0 Å². The third kappa shape index (κ3) is 3.38. The molecule has 1 saturated carbocycles. The highest BCUT2D eigenvalue weighted by molar-refractivity contribution is 5.76. The first-order valence-electron chi connectivity index (χ1n) is 11.9. The number of rotatable bonds is 7. The van der Waals surface area contributed by atoms with Crippen LogP contribution in [0.15, 0.2) is 24.0 Å². The monoisotopic (exact) mass is 490 g/mol. The molecule has 5 rings (SSSR count). The normalized spacial score (nSPS) is 34.7. The number of aliphatic carboxylic acids is 1. The van der Waals surface area contributed by atoms with E-state index in [-0.39, 0.29) is 29.8 Å². The Kier molecular flexibility index (Phi) is 5.63. The molecule has 1 aromatic carbocycles. The number of aliphatic hydroxyl groups is 3. The van der Waals surface area contributed by atoms with E-state index in [9.17, 15) is 30.0 Å². The third-order valence-corrected chi connectivity index (χ3v) is 8.34. The molecule has 1 heterocycles. The third-order valence-electron chi connectivity index (χ3n) is 8.34. The number of hydrogen-bond acceptors (Lipinski definition) is 9. The van der Waals surface area contributed by atoms with Crippen LogP contribution in [0.25, 0.3) is 0 Å². The van der Waals surface area contributed by atoms with E-state index in [1.807, 2.05) is 6.07 Å². The lowest BCUT2D eigenvalue weighted by molar-refractivity contribution is -0.203. The Morgan fingerprint density at radius 2 is 2.03 bits per heavy atom. The molecule has 8 atom stereocenters. The summed E-state index contributed by atoms with van der Waals surface area (Å²) in [5.41, 5.74) is -0.207. The van der Waals surface area contributed by atoms with Gasteiger partial charge in [0.1, 0.15) is 11.9 Å². The van der Waals surface area contributed by atoms with Crippen molar-refractivity contribution in [3.05, 3.63) is 35.1 Å². The summed E-state index contributed by atoms with van der Waals surface area (Å²) in [4.78, 5) is 23.6. The van der Waals surface area contributed by atoms with Crippen LogP contribution in [0.2, 0.25) is 0 Å². The van der Waals surface area contributed by atoms with Gasteiger partial charge in [0, 0.05) is 5.56 Å². The fourth-order valence-corrected chi connectivity index (χ4v) is 6.65. The Morgan fingerprint density at radius 3 is 2.74 bits per heavy atom. The van der Waals surface area contributed by atoms with Gasteiger partial charge in [0.15, 0.2) is 30.0 Å². The van der Waals surface area contributed by atoms with Crippen molar-refractivity contribution >= 4 is 11.9 Å². The number of phenolic OH excluding ortho intramolecular Hbond substituents is 1. The molecule has 2 bridgehead atoms. The summed E-state index contributed by atoms with van der Waals surface area (Å²) < 4.78 is 16.9. The van der Waals surface area contributed by atoms with Crippen molar-refractivity contribution in [2.75, 3.05) is 0 Å². The first kappa shape index (κ1) is 24.1. The van der Waals surface area contributed by atoms with E-state index in [1.54, 1.807) is 12.1 Å². The zero-order valence-electron chi connectivity index (χ0n) is 19.5. The first-order valence-corrected chi connectivity index (χ1v) is 11.9. The number of esters is 1. The summed E-state index contributed by atoms with van der Waals surface area (Å²) in [6.07, 6.45) is -2.55. The van der Waals surface area contributed by atoms with Gasteiger partial charge in [-0.3, -0.25) is 4.79 Å². The van der Waals surface area contributed by atoms with Crippen molar-refractivity contribution in [2.45, 2.75) is 81.6 Å². The lowest BCUT2D eigenvalue weighted by Crippen LogP contribution is -2.69. The topological polar surface area (TPSA) is 163 Å². The van der Waals surface area contributed by atoms with E-state index < -0.39 is 54.0 Å². The van der Waals surface area contributed by atoms with Crippen molar-refractivity contribution in [1.29, 1.82) is 0 Å². The lowest BCUT2D eigenvalue weighted by Gasteiger charge is -2.61. The highest BCUT2D eigenvalue weighted by Gasteiger charge is 2.72. The fraction of sp³-hybridized carbons (Fsp3) is 0.600. The zero-order valence-corrected chi connectivity index (χ0v) is 19.5. The molecule has 10 heteroatoms. The highest BCUT2D eigenvalue weighted by atomic mass is 16.6. The summed E-state index contributed by atoms with van der Waals surface area (Å²) in [5, 5.41) is 51.0. The Bertz CT molecular complexity index is 1100. The van der Waals surface area contributed by atoms with E-state index in [0.717, 1.165) is 17.5 Å². The van der Waals surface area contributed by atoms with Gasteiger partial charge in [0.25, 0.3) is 0 Å².